The Bertz CT molecular complexity index is 652. The molecule has 1 aliphatic rings. The number of hydrogen-bond donors (Lipinski definition) is 1. The van der Waals surface area contributed by atoms with Crippen molar-refractivity contribution in [1.29, 1.82) is 0 Å². The highest BCUT2D eigenvalue weighted by Gasteiger charge is 2.20. The lowest BCUT2D eigenvalue weighted by molar-refractivity contribution is -0.115. The van der Waals surface area contributed by atoms with Gasteiger partial charge in [-0.05, 0) is 24.5 Å². The van der Waals surface area contributed by atoms with Crippen LogP contribution in [0.15, 0.2) is 24.3 Å². The van der Waals surface area contributed by atoms with Crippen molar-refractivity contribution in [1.82, 2.24) is 10.2 Å². The molecule has 0 saturated heterocycles. The van der Waals surface area contributed by atoms with Crippen molar-refractivity contribution in [3.05, 3.63) is 39.9 Å². The summed E-state index contributed by atoms with van der Waals surface area (Å²) in [5.74, 6) is 0.403. The van der Waals surface area contributed by atoms with E-state index in [0.717, 1.165) is 10.6 Å². The maximum absolute atomic E-state index is 12.1. The van der Waals surface area contributed by atoms with E-state index in [2.05, 4.69) is 15.5 Å². The molecule has 1 amide bonds. The van der Waals surface area contributed by atoms with E-state index in [0.29, 0.717) is 16.1 Å². The van der Waals surface area contributed by atoms with Gasteiger partial charge in [-0.25, -0.2) is 0 Å². The van der Waals surface area contributed by atoms with E-state index in [1.165, 1.54) is 43.4 Å². The van der Waals surface area contributed by atoms with Gasteiger partial charge in [0.05, 0.1) is 6.42 Å². The van der Waals surface area contributed by atoms with Gasteiger partial charge in [0, 0.05) is 10.9 Å². The Kier molecular flexibility index (Phi) is 5.05. The Morgan fingerprint density at radius 3 is 2.77 bits per heavy atom. The molecular formula is C16H18ClN3OS. The van der Waals surface area contributed by atoms with E-state index in [1.54, 1.807) is 6.07 Å². The summed E-state index contributed by atoms with van der Waals surface area (Å²) in [6.45, 7) is 0. The van der Waals surface area contributed by atoms with Crippen LogP contribution in [0.2, 0.25) is 5.02 Å². The van der Waals surface area contributed by atoms with Gasteiger partial charge >= 0.3 is 0 Å². The third-order valence-corrected chi connectivity index (χ3v) is 5.32. The topological polar surface area (TPSA) is 54.9 Å². The molecule has 0 spiro atoms. The summed E-state index contributed by atoms with van der Waals surface area (Å²) in [6.07, 6.45) is 6.45. The van der Waals surface area contributed by atoms with Crippen LogP contribution in [0, 0.1) is 0 Å². The van der Waals surface area contributed by atoms with E-state index < -0.39 is 0 Å². The standard InChI is InChI=1S/C16H18ClN3OS/c17-13-9-5-4-8-12(13)10-14(21)18-16-20-19-15(22-16)11-6-2-1-3-7-11/h4-5,8-9,11H,1-3,6-7,10H2,(H,18,20,21). The molecule has 1 saturated carbocycles. The summed E-state index contributed by atoms with van der Waals surface area (Å²) < 4.78 is 0. The van der Waals surface area contributed by atoms with Gasteiger partial charge in [0.2, 0.25) is 11.0 Å². The number of rotatable bonds is 4. The number of benzene rings is 1. The van der Waals surface area contributed by atoms with Crippen LogP contribution in [0.1, 0.15) is 48.6 Å². The monoisotopic (exact) mass is 335 g/mol. The van der Waals surface area contributed by atoms with Crippen LogP contribution in [0.3, 0.4) is 0 Å². The SMILES string of the molecule is O=C(Cc1ccccc1Cl)Nc1nnc(C2CCCCC2)s1. The normalized spacial score (nSPS) is 15.7. The zero-order chi connectivity index (χ0) is 15.4. The Balaban J connectivity index is 1.60. The number of nitrogens with zero attached hydrogens (tertiary/aromatic N) is 2. The molecular weight excluding hydrogens is 318 g/mol. The maximum Gasteiger partial charge on any atom is 0.230 e. The first-order valence-electron chi connectivity index (χ1n) is 7.59. The van der Waals surface area contributed by atoms with Crippen LogP contribution >= 0.6 is 22.9 Å². The van der Waals surface area contributed by atoms with Gasteiger partial charge in [0.15, 0.2) is 0 Å². The summed E-state index contributed by atoms with van der Waals surface area (Å²) in [5.41, 5.74) is 0.818. The minimum absolute atomic E-state index is 0.112. The summed E-state index contributed by atoms with van der Waals surface area (Å²) in [6, 6.07) is 7.37. The second kappa shape index (κ2) is 7.20. The van der Waals surface area contributed by atoms with Crippen LogP contribution in [0.25, 0.3) is 0 Å². The molecule has 1 aromatic heterocycles. The molecule has 0 radical (unpaired) electrons. The fourth-order valence-corrected chi connectivity index (χ4v) is 3.91. The van der Waals surface area contributed by atoms with Crippen LogP contribution in [-0.4, -0.2) is 16.1 Å². The maximum atomic E-state index is 12.1. The second-order valence-electron chi connectivity index (χ2n) is 5.60. The summed E-state index contributed by atoms with van der Waals surface area (Å²) >= 11 is 7.57. The first-order chi connectivity index (χ1) is 10.7. The summed E-state index contributed by atoms with van der Waals surface area (Å²) in [7, 11) is 0. The van der Waals surface area contributed by atoms with Crippen molar-refractivity contribution in [3.8, 4) is 0 Å². The van der Waals surface area contributed by atoms with E-state index in [1.807, 2.05) is 18.2 Å². The molecule has 0 bridgehead atoms. The first-order valence-corrected chi connectivity index (χ1v) is 8.78. The van der Waals surface area contributed by atoms with E-state index >= 15 is 0 Å². The zero-order valence-corrected chi connectivity index (χ0v) is 13.8. The van der Waals surface area contributed by atoms with E-state index in [9.17, 15) is 4.79 Å². The average molecular weight is 336 g/mol. The van der Waals surface area contributed by atoms with Crippen molar-refractivity contribution < 1.29 is 4.79 Å². The molecule has 1 N–H and O–H groups in total. The van der Waals surface area contributed by atoms with Crippen molar-refractivity contribution in [2.24, 2.45) is 0 Å². The Labute approximate surface area is 138 Å². The molecule has 1 heterocycles. The van der Waals surface area contributed by atoms with Crippen molar-refractivity contribution in [2.75, 3.05) is 5.32 Å². The van der Waals surface area contributed by atoms with Gasteiger partial charge in [-0.1, -0.05) is 60.4 Å². The lowest BCUT2D eigenvalue weighted by atomic mass is 9.90. The van der Waals surface area contributed by atoms with Gasteiger partial charge in [0.1, 0.15) is 5.01 Å². The van der Waals surface area contributed by atoms with Crippen molar-refractivity contribution >= 4 is 34.0 Å². The molecule has 3 rings (SSSR count). The molecule has 0 unspecified atom stereocenters. The van der Waals surface area contributed by atoms with Gasteiger partial charge in [-0.3, -0.25) is 4.79 Å². The highest BCUT2D eigenvalue weighted by Crippen LogP contribution is 2.35. The predicted molar refractivity (Wildman–Crippen MR) is 89.5 cm³/mol. The number of carbonyl (C=O) groups excluding carboxylic acids is 1. The highest BCUT2D eigenvalue weighted by molar-refractivity contribution is 7.15. The quantitative estimate of drug-likeness (QED) is 0.899. The first kappa shape index (κ1) is 15.4. The molecule has 0 aliphatic heterocycles. The molecule has 0 atom stereocenters. The van der Waals surface area contributed by atoms with Gasteiger partial charge in [-0.15, -0.1) is 10.2 Å². The van der Waals surface area contributed by atoms with Crippen LogP contribution in [0.5, 0.6) is 0 Å². The predicted octanol–water partition coefficient (Wildman–Crippen LogP) is 4.42. The average Bonchev–Trinajstić information content (AvgIpc) is 2.99. The Morgan fingerprint density at radius 1 is 1.23 bits per heavy atom. The number of carbonyl (C=O) groups is 1. The minimum Gasteiger partial charge on any atom is -0.300 e. The second-order valence-corrected chi connectivity index (χ2v) is 7.01. The van der Waals surface area contributed by atoms with Gasteiger partial charge in [-0.2, -0.15) is 0 Å². The third-order valence-electron chi connectivity index (χ3n) is 3.95. The molecule has 2 aromatic rings. The van der Waals surface area contributed by atoms with Crippen molar-refractivity contribution in [2.45, 2.75) is 44.4 Å². The Hall–Kier alpha value is -1.46. The lowest BCUT2D eigenvalue weighted by Crippen LogP contribution is -2.14. The van der Waals surface area contributed by atoms with Crippen LogP contribution in [-0.2, 0) is 11.2 Å². The number of aromatic nitrogens is 2. The largest absolute Gasteiger partial charge is 0.300 e. The molecule has 1 fully saturated rings. The molecule has 4 nitrogen and oxygen atoms in total. The summed E-state index contributed by atoms with van der Waals surface area (Å²) in [5, 5.41) is 13.4. The third kappa shape index (κ3) is 3.84. The lowest BCUT2D eigenvalue weighted by Gasteiger charge is -2.18. The zero-order valence-electron chi connectivity index (χ0n) is 12.2. The minimum atomic E-state index is -0.112. The fraction of sp³-hybridized carbons (Fsp3) is 0.438. The number of halogens is 1. The van der Waals surface area contributed by atoms with Gasteiger partial charge in [0.25, 0.3) is 0 Å². The molecule has 22 heavy (non-hydrogen) atoms. The highest BCUT2D eigenvalue weighted by atomic mass is 35.5. The molecule has 1 aromatic carbocycles. The Morgan fingerprint density at radius 2 is 2.00 bits per heavy atom. The smallest absolute Gasteiger partial charge is 0.230 e. The van der Waals surface area contributed by atoms with Gasteiger partial charge < -0.3 is 5.32 Å². The molecule has 6 heteroatoms. The fourth-order valence-electron chi connectivity index (χ4n) is 2.78. The van der Waals surface area contributed by atoms with E-state index in [-0.39, 0.29) is 12.3 Å². The molecule has 1 aliphatic carbocycles. The van der Waals surface area contributed by atoms with Crippen LogP contribution in [0.4, 0.5) is 5.13 Å². The molecule has 116 valence electrons. The number of anilines is 1. The number of hydrogen-bond acceptors (Lipinski definition) is 4. The van der Waals surface area contributed by atoms with Crippen LogP contribution < -0.4 is 5.32 Å². The van der Waals surface area contributed by atoms with E-state index in [4.69, 9.17) is 11.6 Å². The van der Waals surface area contributed by atoms with Crippen molar-refractivity contribution in [3.63, 3.8) is 0 Å². The summed E-state index contributed by atoms with van der Waals surface area (Å²) in [4.78, 5) is 12.1. The number of amides is 1. The number of nitrogens with one attached hydrogen (secondary N) is 1.